The lowest BCUT2D eigenvalue weighted by molar-refractivity contribution is 0.294. The summed E-state index contributed by atoms with van der Waals surface area (Å²) in [5.74, 6) is 0.457. The number of sulfonamides is 1. The highest BCUT2D eigenvalue weighted by molar-refractivity contribution is 7.89. The summed E-state index contributed by atoms with van der Waals surface area (Å²) in [4.78, 5) is 0.243. The van der Waals surface area contributed by atoms with Crippen molar-refractivity contribution in [2.24, 2.45) is 0 Å². The van der Waals surface area contributed by atoms with Crippen molar-refractivity contribution in [3.8, 4) is 5.75 Å². The molecule has 2 rings (SSSR count). The van der Waals surface area contributed by atoms with E-state index in [1.165, 1.54) is 18.4 Å². The van der Waals surface area contributed by atoms with Crippen LogP contribution in [0.15, 0.2) is 29.2 Å². The first-order chi connectivity index (χ1) is 7.51. The van der Waals surface area contributed by atoms with Gasteiger partial charge in [-0.25, -0.2) is 12.7 Å². The number of nitrogens with zero attached hydrogens (tertiary/aromatic N) is 1. The summed E-state index contributed by atoms with van der Waals surface area (Å²) >= 11 is 0. The normalized spacial score (nSPS) is 16.4. The zero-order chi connectivity index (χ0) is 11.8. The number of rotatable bonds is 4. The molecular formula is C11H15NO3S. The van der Waals surface area contributed by atoms with E-state index in [1.54, 1.807) is 24.3 Å². The topological polar surface area (TPSA) is 46.6 Å². The molecule has 0 amide bonds. The Hall–Kier alpha value is -1.07. The monoisotopic (exact) mass is 241 g/mol. The van der Waals surface area contributed by atoms with Crippen LogP contribution < -0.4 is 4.74 Å². The van der Waals surface area contributed by atoms with Gasteiger partial charge in [0.05, 0.1) is 6.10 Å². The van der Waals surface area contributed by atoms with Crippen LogP contribution in [0.4, 0.5) is 0 Å². The van der Waals surface area contributed by atoms with Crippen molar-refractivity contribution >= 4 is 10.0 Å². The van der Waals surface area contributed by atoms with Gasteiger partial charge >= 0.3 is 0 Å². The fourth-order valence-corrected chi connectivity index (χ4v) is 2.34. The van der Waals surface area contributed by atoms with Crippen molar-refractivity contribution in [2.75, 3.05) is 14.1 Å². The molecule has 1 fully saturated rings. The largest absolute Gasteiger partial charge is 0.489 e. The first kappa shape index (κ1) is 11.4. The minimum absolute atomic E-state index is 0.193. The Bertz CT molecular complexity index is 478. The van der Waals surface area contributed by atoms with Crippen LogP contribution in [0.2, 0.25) is 0 Å². The molecule has 0 atom stereocenters. The second kappa shape index (κ2) is 4.07. The summed E-state index contributed by atoms with van der Waals surface area (Å²) in [6, 6.07) is 6.77. The van der Waals surface area contributed by atoms with Gasteiger partial charge in [-0.1, -0.05) is 12.1 Å². The fourth-order valence-electron chi connectivity index (χ4n) is 1.32. The Kier molecular flexibility index (Phi) is 2.90. The molecule has 0 unspecified atom stereocenters. The molecule has 0 aromatic heterocycles. The van der Waals surface area contributed by atoms with E-state index in [-0.39, 0.29) is 11.0 Å². The summed E-state index contributed by atoms with van der Waals surface area (Å²) in [7, 11) is -0.383. The maximum Gasteiger partial charge on any atom is 0.246 e. The number of para-hydroxylation sites is 1. The molecule has 0 spiro atoms. The van der Waals surface area contributed by atoms with E-state index < -0.39 is 10.0 Å². The standard InChI is InChI=1S/C11H15NO3S/c1-12(2)16(13,14)11-6-4-3-5-10(11)15-9-7-8-9/h3-6,9H,7-8H2,1-2H3. The highest BCUT2D eigenvalue weighted by Crippen LogP contribution is 2.31. The summed E-state index contributed by atoms with van der Waals surface area (Å²) in [6.45, 7) is 0. The third-order valence-corrected chi connectivity index (χ3v) is 4.28. The minimum atomic E-state index is -3.42. The average molecular weight is 241 g/mol. The quantitative estimate of drug-likeness (QED) is 0.802. The zero-order valence-electron chi connectivity index (χ0n) is 9.38. The molecule has 1 aromatic carbocycles. The number of ether oxygens (including phenoxy) is 1. The molecule has 5 heteroatoms. The summed E-state index contributed by atoms with van der Waals surface area (Å²) in [6.07, 6.45) is 2.21. The predicted octanol–water partition coefficient (Wildman–Crippen LogP) is 1.48. The van der Waals surface area contributed by atoms with E-state index in [1.807, 2.05) is 0 Å². The Morgan fingerprint density at radius 3 is 2.44 bits per heavy atom. The van der Waals surface area contributed by atoms with Gasteiger partial charge in [0, 0.05) is 14.1 Å². The Balaban J connectivity index is 2.39. The molecule has 1 saturated carbocycles. The highest BCUT2D eigenvalue weighted by Gasteiger charge is 2.28. The second-order valence-electron chi connectivity index (χ2n) is 4.05. The van der Waals surface area contributed by atoms with Crippen LogP contribution in [0.1, 0.15) is 12.8 Å². The highest BCUT2D eigenvalue weighted by atomic mass is 32.2. The SMILES string of the molecule is CN(C)S(=O)(=O)c1ccccc1OC1CC1. The van der Waals surface area contributed by atoms with Crippen LogP contribution in [-0.4, -0.2) is 32.9 Å². The molecule has 0 aliphatic heterocycles. The zero-order valence-corrected chi connectivity index (χ0v) is 10.2. The van der Waals surface area contributed by atoms with Crippen molar-refractivity contribution < 1.29 is 13.2 Å². The Labute approximate surface area is 95.9 Å². The number of hydrogen-bond donors (Lipinski definition) is 0. The van der Waals surface area contributed by atoms with Crippen LogP contribution in [0.5, 0.6) is 5.75 Å². The van der Waals surface area contributed by atoms with E-state index in [2.05, 4.69) is 0 Å². The van der Waals surface area contributed by atoms with Crippen LogP contribution in [-0.2, 0) is 10.0 Å². The number of benzene rings is 1. The molecule has 88 valence electrons. The van der Waals surface area contributed by atoms with E-state index >= 15 is 0 Å². The molecule has 1 aliphatic rings. The van der Waals surface area contributed by atoms with Crippen molar-refractivity contribution in [3.63, 3.8) is 0 Å². The van der Waals surface area contributed by atoms with Gasteiger partial charge in [-0.2, -0.15) is 0 Å². The molecule has 1 aliphatic carbocycles. The lowest BCUT2D eigenvalue weighted by atomic mass is 10.3. The first-order valence-corrected chi connectivity index (χ1v) is 6.64. The number of hydrogen-bond acceptors (Lipinski definition) is 3. The summed E-state index contributed by atoms with van der Waals surface area (Å²) in [5, 5.41) is 0. The summed E-state index contributed by atoms with van der Waals surface area (Å²) < 4.78 is 30.8. The molecule has 0 radical (unpaired) electrons. The average Bonchev–Trinajstić information content (AvgIpc) is 3.02. The van der Waals surface area contributed by atoms with Gasteiger partial charge in [0.15, 0.2) is 0 Å². The molecule has 0 N–H and O–H groups in total. The van der Waals surface area contributed by atoms with Gasteiger partial charge in [0.1, 0.15) is 10.6 Å². The smallest absolute Gasteiger partial charge is 0.246 e. The van der Waals surface area contributed by atoms with Gasteiger partial charge in [-0.15, -0.1) is 0 Å². The fraction of sp³-hybridized carbons (Fsp3) is 0.455. The molecule has 1 aromatic rings. The third-order valence-electron chi connectivity index (χ3n) is 2.43. The van der Waals surface area contributed by atoms with Crippen molar-refractivity contribution in [3.05, 3.63) is 24.3 Å². The molecule has 16 heavy (non-hydrogen) atoms. The maximum atomic E-state index is 12.0. The van der Waals surface area contributed by atoms with E-state index in [9.17, 15) is 8.42 Å². The maximum absolute atomic E-state index is 12.0. The lowest BCUT2D eigenvalue weighted by Gasteiger charge is -2.15. The molecule has 0 saturated heterocycles. The van der Waals surface area contributed by atoms with Gasteiger partial charge < -0.3 is 4.74 Å². The Morgan fingerprint density at radius 2 is 1.88 bits per heavy atom. The van der Waals surface area contributed by atoms with Gasteiger partial charge in [0.2, 0.25) is 10.0 Å². The van der Waals surface area contributed by atoms with Gasteiger partial charge in [-0.3, -0.25) is 0 Å². The van der Waals surface area contributed by atoms with E-state index in [0.29, 0.717) is 5.75 Å². The van der Waals surface area contributed by atoms with Gasteiger partial charge in [-0.05, 0) is 25.0 Å². The predicted molar refractivity (Wildman–Crippen MR) is 61.0 cm³/mol. The lowest BCUT2D eigenvalue weighted by Crippen LogP contribution is -2.23. The van der Waals surface area contributed by atoms with E-state index in [4.69, 9.17) is 4.74 Å². The van der Waals surface area contributed by atoms with E-state index in [0.717, 1.165) is 12.8 Å². The Morgan fingerprint density at radius 1 is 1.25 bits per heavy atom. The third kappa shape index (κ3) is 2.20. The van der Waals surface area contributed by atoms with Crippen LogP contribution in [0.3, 0.4) is 0 Å². The van der Waals surface area contributed by atoms with Crippen LogP contribution >= 0.6 is 0 Å². The van der Waals surface area contributed by atoms with Gasteiger partial charge in [0.25, 0.3) is 0 Å². The molecular weight excluding hydrogens is 226 g/mol. The molecule has 4 nitrogen and oxygen atoms in total. The van der Waals surface area contributed by atoms with Crippen molar-refractivity contribution in [2.45, 2.75) is 23.8 Å². The first-order valence-electron chi connectivity index (χ1n) is 5.20. The minimum Gasteiger partial charge on any atom is -0.489 e. The van der Waals surface area contributed by atoms with Crippen LogP contribution in [0, 0.1) is 0 Å². The van der Waals surface area contributed by atoms with Crippen molar-refractivity contribution in [1.29, 1.82) is 0 Å². The molecule has 0 bridgehead atoms. The summed E-state index contributed by atoms with van der Waals surface area (Å²) in [5.41, 5.74) is 0. The van der Waals surface area contributed by atoms with Crippen molar-refractivity contribution in [1.82, 2.24) is 4.31 Å². The second-order valence-corrected chi connectivity index (χ2v) is 6.17. The van der Waals surface area contributed by atoms with Crippen LogP contribution in [0.25, 0.3) is 0 Å². The molecule has 0 heterocycles.